The molecule has 128 valence electrons. The maximum atomic E-state index is 12.8. The van der Waals surface area contributed by atoms with Gasteiger partial charge in [0.05, 0.1) is 18.8 Å². The molecule has 2 heterocycles. The highest BCUT2D eigenvalue weighted by Gasteiger charge is 2.31. The molecule has 1 aliphatic heterocycles. The van der Waals surface area contributed by atoms with Crippen molar-refractivity contribution in [1.29, 1.82) is 0 Å². The molecule has 0 spiro atoms. The van der Waals surface area contributed by atoms with E-state index in [0.29, 0.717) is 26.1 Å². The van der Waals surface area contributed by atoms with Crippen LogP contribution in [0.15, 0.2) is 40.5 Å². The summed E-state index contributed by atoms with van der Waals surface area (Å²) in [6.07, 6.45) is 0.354. The molecule has 1 aromatic carbocycles. The molecule has 0 saturated carbocycles. The molecule has 0 aliphatic carbocycles. The molecule has 1 saturated heterocycles. The average molecular weight is 346 g/mol. The molecule has 0 radical (unpaired) electrons. The summed E-state index contributed by atoms with van der Waals surface area (Å²) in [4.78, 5) is 26.5. The minimum absolute atomic E-state index is 0.00439. The summed E-state index contributed by atoms with van der Waals surface area (Å²) in [5, 5.41) is 1.83. The van der Waals surface area contributed by atoms with Crippen LogP contribution in [0.2, 0.25) is 0 Å². The second-order valence-electron chi connectivity index (χ2n) is 6.16. The number of ether oxygens (including phenoxy) is 1. The smallest absolute Gasteiger partial charge is 0.307 e. The molecule has 1 amide bonds. The van der Waals surface area contributed by atoms with Gasteiger partial charge in [-0.2, -0.15) is 0 Å². The lowest BCUT2D eigenvalue weighted by molar-refractivity contribution is -0.144. The minimum atomic E-state index is -0.0600. The number of carbonyl (C=O) groups excluding carboxylic acids is 1. The fraction of sp³-hybridized carbons (Fsp3) is 0.444. The first-order valence-corrected chi connectivity index (χ1v) is 9.05. The third-order valence-electron chi connectivity index (χ3n) is 4.40. The fourth-order valence-corrected chi connectivity index (χ4v) is 3.82. The van der Waals surface area contributed by atoms with Gasteiger partial charge in [-0.25, -0.2) is 0 Å². The van der Waals surface area contributed by atoms with Gasteiger partial charge in [-0.15, -0.1) is 0 Å². The Hall–Kier alpha value is -1.92. The van der Waals surface area contributed by atoms with E-state index in [9.17, 15) is 9.59 Å². The van der Waals surface area contributed by atoms with Crippen LogP contribution in [0.4, 0.5) is 0 Å². The number of carbonyl (C=O) groups is 1. The zero-order valence-corrected chi connectivity index (χ0v) is 14.8. The molecule has 1 aliphatic rings. The lowest BCUT2D eigenvalue weighted by Gasteiger charge is -2.39. The summed E-state index contributed by atoms with van der Waals surface area (Å²) >= 11 is 1.18. The van der Waals surface area contributed by atoms with E-state index < -0.39 is 0 Å². The van der Waals surface area contributed by atoms with E-state index >= 15 is 0 Å². The van der Waals surface area contributed by atoms with Crippen molar-refractivity contribution >= 4 is 17.2 Å². The summed E-state index contributed by atoms with van der Waals surface area (Å²) in [5.41, 5.74) is 1.99. The van der Waals surface area contributed by atoms with Crippen LogP contribution in [0.1, 0.15) is 30.6 Å². The van der Waals surface area contributed by atoms with E-state index in [4.69, 9.17) is 4.74 Å². The lowest BCUT2D eigenvalue weighted by Crippen LogP contribution is -2.47. The van der Waals surface area contributed by atoms with Gasteiger partial charge in [0.2, 0.25) is 5.91 Å². The first-order valence-electron chi connectivity index (χ1n) is 8.17. The van der Waals surface area contributed by atoms with Crippen LogP contribution in [-0.4, -0.2) is 34.6 Å². The van der Waals surface area contributed by atoms with E-state index in [-0.39, 0.29) is 22.9 Å². The summed E-state index contributed by atoms with van der Waals surface area (Å²) in [5.74, 6) is 0.0662. The number of thiazole rings is 1. The molecule has 1 fully saturated rings. The lowest BCUT2D eigenvalue weighted by atomic mass is 10.0. The van der Waals surface area contributed by atoms with Crippen LogP contribution in [0.25, 0.3) is 0 Å². The average Bonchev–Trinajstić information content (AvgIpc) is 2.91. The predicted octanol–water partition coefficient (Wildman–Crippen LogP) is 2.60. The van der Waals surface area contributed by atoms with Crippen LogP contribution in [0.3, 0.4) is 0 Å². The van der Waals surface area contributed by atoms with Crippen molar-refractivity contribution in [2.24, 2.45) is 0 Å². The molecule has 3 rings (SSSR count). The third kappa shape index (κ3) is 3.60. The monoisotopic (exact) mass is 346 g/mol. The van der Waals surface area contributed by atoms with Crippen molar-refractivity contribution in [3.8, 4) is 0 Å². The zero-order chi connectivity index (χ0) is 17.1. The van der Waals surface area contributed by atoms with Crippen LogP contribution >= 0.6 is 11.3 Å². The number of nitrogens with zero attached hydrogens (tertiary/aromatic N) is 2. The maximum absolute atomic E-state index is 12.8. The second kappa shape index (κ2) is 7.32. The van der Waals surface area contributed by atoms with E-state index in [1.54, 1.807) is 4.57 Å². The Morgan fingerprint density at radius 3 is 2.75 bits per heavy atom. The molecule has 0 unspecified atom stereocenters. The Labute approximate surface area is 145 Å². The standard InChI is InChI=1S/C18H22N2O3S/c1-13-12-24-18(22)19(13)9-8-17(21)20-10-14(2)23-11-16(20)15-6-4-3-5-7-15/h3-7,12,14,16H,8-11H2,1-2H3/t14-,16+/m0/s1. The molecule has 0 bridgehead atoms. The van der Waals surface area contributed by atoms with Crippen LogP contribution in [0, 0.1) is 6.92 Å². The minimum Gasteiger partial charge on any atom is -0.374 e. The molecule has 2 atom stereocenters. The maximum Gasteiger partial charge on any atom is 0.307 e. The molecule has 6 heteroatoms. The topological polar surface area (TPSA) is 51.5 Å². The van der Waals surface area contributed by atoms with Crippen molar-refractivity contribution in [2.45, 2.75) is 39.0 Å². The molecule has 1 aromatic heterocycles. The second-order valence-corrected chi connectivity index (χ2v) is 6.98. The molecule has 5 nitrogen and oxygen atoms in total. The molecular weight excluding hydrogens is 324 g/mol. The van der Waals surface area contributed by atoms with Crippen LogP contribution in [-0.2, 0) is 16.1 Å². The predicted molar refractivity (Wildman–Crippen MR) is 94.2 cm³/mol. The molecular formula is C18H22N2O3S. The van der Waals surface area contributed by atoms with Crippen LogP contribution < -0.4 is 4.87 Å². The fourth-order valence-electron chi connectivity index (χ4n) is 3.05. The van der Waals surface area contributed by atoms with Crippen molar-refractivity contribution in [3.05, 3.63) is 56.6 Å². The first kappa shape index (κ1) is 16.9. The number of aromatic nitrogens is 1. The molecule has 24 heavy (non-hydrogen) atoms. The van der Waals surface area contributed by atoms with E-state index in [1.165, 1.54) is 11.3 Å². The van der Waals surface area contributed by atoms with Crippen molar-refractivity contribution < 1.29 is 9.53 Å². The normalized spacial score (nSPS) is 21.0. The Kier molecular flexibility index (Phi) is 5.16. The van der Waals surface area contributed by atoms with Gasteiger partial charge in [0.1, 0.15) is 0 Å². The van der Waals surface area contributed by atoms with Gasteiger partial charge in [-0.1, -0.05) is 41.7 Å². The number of morpholine rings is 1. The van der Waals surface area contributed by atoms with Gasteiger partial charge in [0.15, 0.2) is 0 Å². The summed E-state index contributed by atoms with van der Waals surface area (Å²) < 4.78 is 7.44. The van der Waals surface area contributed by atoms with Crippen molar-refractivity contribution in [1.82, 2.24) is 9.47 Å². The quantitative estimate of drug-likeness (QED) is 0.855. The Morgan fingerprint density at radius 2 is 2.08 bits per heavy atom. The summed E-state index contributed by atoms with van der Waals surface area (Å²) in [6.45, 7) is 5.39. The number of aryl methyl sites for hydroxylation is 1. The van der Waals surface area contributed by atoms with E-state index in [0.717, 1.165) is 11.3 Å². The number of hydrogen-bond donors (Lipinski definition) is 0. The number of rotatable bonds is 4. The summed E-state index contributed by atoms with van der Waals surface area (Å²) in [7, 11) is 0. The largest absolute Gasteiger partial charge is 0.374 e. The first-order chi connectivity index (χ1) is 11.6. The summed E-state index contributed by atoms with van der Waals surface area (Å²) in [6, 6.07) is 9.91. The van der Waals surface area contributed by atoms with Gasteiger partial charge in [0.25, 0.3) is 0 Å². The van der Waals surface area contributed by atoms with E-state index in [1.807, 2.05) is 54.5 Å². The number of hydrogen-bond acceptors (Lipinski definition) is 4. The Morgan fingerprint density at radius 1 is 1.33 bits per heavy atom. The third-order valence-corrected chi connectivity index (χ3v) is 5.28. The van der Waals surface area contributed by atoms with Crippen molar-refractivity contribution in [3.63, 3.8) is 0 Å². The molecule has 2 aromatic rings. The van der Waals surface area contributed by atoms with Gasteiger partial charge >= 0.3 is 4.87 Å². The molecule has 0 N–H and O–H groups in total. The highest BCUT2D eigenvalue weighted by molar-refractivity contribution is 7.07. The van der Waals surface area contributed by atoms with Gasteiger partial charge < -0.3 is 14.2 Å². The Bertz CT molecular complexity index is 753. The SMILES string of the molecule is Cc1csc(=O)n1CCC(=O)N1C[C@H](C)OC[C@@H]1c1ccccc1. The van der Waals surface area contributed by atoms with Gasteiger partial charge in [-0.3, -0.25) is 9.59 Å². The van der Waals surface area contributed by atoms with Gasteiger partial charge in [-0.05, 0) is 19.4 Å². The van der Waals surface area contributed by atoms with Gasteiger partial charge in [0, 0.05) is 30.6 Å². The van der Waals surface area contributed by atoms with Crippen molar-refractivity contribution in [2.75, 3.05) is 13.2 Å². The number of benzene rings is 1. The highest BCUT2D eigenvalue weighted by atomic mass is 32.1. The van der Waals surface area contributed by atoms with E-state index in [2.05, 4.69) is 0 Å². The zero-order valence-electron chi connectivity index (χ0n) is 14.0. The van der Waals surface area contributed by atoms with Crippen LogP contribution in [0.5, 0.6) is 0 Å². The Balaban J connectivity index is 1.74. The number of amides is 1. The highest BCUT2D eigenvalue weighted by Crippen LogP contribution is 2.26.